The van der Waals surface area contributed by atoms with Crippen LogP contribution in [0.15, 0.2) is 12.4 Å². The van der Waals surface area contributed by atoms with Gasteiger partial charge in [0.1, 0.15) is 0 Å². The first kappa shape index (κ1) is 12.6. The van der Waals surface area contributed by atoms with Gasteiger partial charge in [-0.15, -0.1) is 0 Å². The molecule has 0 bridgehead atoms. The second-order valence-corrected chi connectivity index (χ2v) is 4.81. The monoisotopic (exact) mass is 321 g/mol. The highest BCUT2D eigenvalue weighted by Crippen LogP contribution is 2.12. The minimum absolute atomic E-state index is 0.202. The number of anilines is 1. The molecular formula is C10H16IN3O. The van der Waals surface area contributed by atoms with E-state index in [0.717, 1.165) is 22.5 Å². The molecule has 0 saturated carbocycles. The molecule has 0 unspecified atom stereocenters. The number of aromatic nitrogens is 2. The Kier molecular flexibility index (Phi) is 5.24. The summed E-state index contributed by atoms with van der Waals surface area (Å²) < 4.78 is 1.03. The van der Waals surface area contributed by atoms with E-state index in [9.17, 15) is 0 Å². The average molecular weight is 321 g/mol. The summed E-state index contributed by atoms with van der Waals surface area (Å²) >= 11 is 2.18. The molecular weight excluding hydrogens is 305 g/mol. The van der Waals surface area contributed by atoms with Crippen LogP contribution in [0.1, 0.15) is 20.3 Å². The first-order valence-corrected chi connectivity index (χ1v) is 6.08. The Bertz CT molecular complexity index is 289. The van der Waals surface area contributed by atoms with Crippen molar-refractivity contribution < 1.29 is 5.11 Å². The van der Waals surface area contributed by atoms with Gasteiger partial charge in [-0.25, -0.2) is 9.97 Å². The van der Waals surface area contributed by atoms with E-state index in [1.807, 2.05) is 0 Å². The Balaban J connectivity index is 2.74. The van der Waals surface area contributed by atoms with E-state index in [-0.39, 0.29) is 6.61 Å². The van der Waals surface area contributed by atoms with Gasteiger partial charge < -0.3 is 10.0 Å². The zero-order valence-electron chi connectivity index (χ0n) is 9.02. The van der Waals surface area contributed by atoms with E-state index < -0.39 is 0 Å². The summed E-state index contributed by atoms with van der Waals surface area (Å²) in [4.78, 5) is 10.6. The first-order chi connectivity index (χ1) is 7.15. The van der Waals surface area contributed by atoms with Crippen molar-refractivity contribution in [3.63, 3.8) is 0 Å². The van der Waals surface area contributed by atoms with Gasteiger partial charge in [-0.1, -0.05) is 0 Å². The second kappa shape index (κ2) is 6.22. The van der Waals surface area contributed by atoms with Gasteiger partial charge in [0.2, 0.25) is 5.95 Å². The van der Waals surface area contributed by atoms with Crippen molar-refractivity contribution in [2.45, 2.75) is 26.3 Å². The quantitative estimate of drug-likeness (QED) is 0.839. The lowest BCUT2D eigenvalue weighted by Gasteiger charge is -2.26. The lowest BCUT2D eigenvalue weighted by Crippen LogP contribution is -2.33. The SMILES string of the molecule is CC(C)N(CCCO)c1ncc(I)cn1. The summed E-state index contributed by atoms with van der Waals surface area (Å²) in [6.45, 7) is 5.18. The van der Waals surface area contributed by atoms with Crippen LogP contribution in [-0.2, 0) is 0 Å². The maximum absolute atomic E-state index is 8.82. The van der Waals surface area contributed by atoms with Crippen LogP contribution in [-0.4, -0.2) is 34.3 Å². The summed E-state index contributed by atoms with van der Waals surface area (Å²) in [5, 5.41) is 8.82. The minimum Gasteiger partial charge on any atom is -0.396 e. The molecule has 0 aromatic carbocycles. The van der Waals surface area contributed by atoms with Crippen LogP contribution in [0.2, 0.25) is 0 Å². The van der Waals surface area contributed by atoms with Crippen molar-refractivity contribution in [1.82, 2.24) is 9.97 Å². The molecule has 84 valence electrons. The summed E-state index contributed by atoms with van der Waals surface area (Å²) in [6, 6.07) is 0.344. The minimum atomic E-state index is 0.202. The van der Waals surface area contributed by atoms with Crippen molar-refractivity contribution in [3.05, 3.63) is 16.0 Å². The van der Waals surface area contributed by atoms with Crippen LogP contribution < -0.4 is 4.90 Å². The molecule has 5 heteroatoms. The van der Waals surface area contributed by atoms with Gasteiger partial charge in [-0.2, -0.15) is 0 Å². The summed E-state index contributed by atoms with van der Waals surface area (Å²) in [6.07, 6.45) is 4.35. The third-order valence-electron chi connectivity index (χ3n) is 2.04. The van der Waals surface area contributed by atoms with Crippen molar-refractivity contribution in [3.8, 4) is 0 Å². The molecule has 15 heavy (non-hydrogen) atoms. The molecule has 0 aliphatic carbocycles. The van der Waals surface area contributed by atoms with Crippen molar-refractivity contribution in [2.75, 3.05) is 18.1 Å². The Labute approximate surface area is 104 Å². The molecule has 1 N–H and O–H groups in total. The second-order valence-electron chi connectivity index (χ2n) is 3.57. The Morgan fingerprint density at radius 2 is 2.00 bits per heavy atom. The Morgan fingerprint density at radius 3 is 2.47 bits per heavy atom. The van der Waals surface area contributed by atoms with Gasteiger partial charge in [0.25, 0.3) is 0 Å². The molecule has 1 aromatic rings. The fraction of sp³-hybridized carbons (Fsp3) is 0.600. The maximum Gasteiger partial charge on any atom is 0.225 e. The Hall–Kier alpha value is -0.430. The zero-order chi connectivity index (χ0) is 11.3. The van der Waals surface area contributed by atoms with Crippen molar-refractivity contribution >= 4 is 28.5 Å². The van der Waals surface area contributed by atoms with Gasteiger partial charge in [0.15, 0.2) is 0 Å². The summed E-state index contributed by atoms with van der Waals surface area (Å²) in [5.74, 6) is 0.735. The van der Waals surface area contributed by atoms with E-state index in [1.165, 1.54) is 0 Å². The fourth-order valence-electron chi connectivity index (χ4n) is 1.28. The fourth-order valence-corrected chi connectivity index (χ4v) is 1.56. The van der Waals surface area contributed by atoms with E-state index in [2.05, 4.69) is 51.3 Å². The third-order valence-corrected chi connectivity index (χ3v) is 2.60. The number of aliphatic hydroxyl groups excluding tert-OH is 1. The van der Waals surface area contributed by atoms with Crippen LogP contribution in [0, 0.1) is 3.57 Å². The first-order valence-electron chi connectivity index (χ1n) is 5.00. The molecule has 0 amide bonds. The smallest absolute Gasteiger partial charge is 0.225 e. The molecule has 0 spiro atoms. The predicted octanol–water partition coefficient (Wildman–Crippen LogP) is 1.68. The zero-order valence-corrected chi connectivity index (χ0v) is 11.2. The van der Waals surface area contributed by atoms with E-state index in [4.69, 9.17) is 5.11 Å². The van der Waals surface area contributed by atoms with Gasteiger partial charge in [0.05, 0.1) is 0 Å². The van der Waals surface area contributed by atoms with Gasteiger partial charge in [-0.05, 0) is 42.9 Å². The molecule has 0 radical (unpaired) electrons. The predicted molar refractivity (Wildman–Crippen MR) is 68.9 cm³/mol. The number of rotatable bonds is 5. The maximum atomic E-state index is 8.82. The third kappa shape index (κ3) is 3.90. The molecule has 0 aliphatic rings. The molecule has 0 fully saturated rings. The highest BCUT2D eigenvalue weighted by atomic mass is 127. The molecule has 0 atom stereocenters. The molecule has 1 aromatic heterocycles. The van der Waals surface area contributed by atoms with Crippen LogP contribution >= 0.6 is 22.6 Å². The normalized spacial score (nSPS) is 10.7. The van der Waals surface area contributed by atoms with Crippen molar-refractivity contribution in [2.24, 2.45) is 0 Å². The average Bonchev–Trinajstić information content (AvgIpc) is 2.21. The number of nitrogens with zero attached hydrogens (tertiary/aromatic N) is 3. The van der Waals surface area contributed by atoms with Gasteiger partial charge in [-0.3, -0.25) is 0 Å². The number of aliphatic hydroxyl groups is 1. The van der Waals surface area contributed by atoms with Crippen LogP contribution in [0.4, 0.5) is 5.95 Å². The molecule has 1 rings (SSSR count). The van der Waals surface area contributed by atoms with Gasteiger partial charge >= 0.3 is 0 Å². The van der Waals surface area contributed by atoms with E-state index >= 15 is 0 Å². The number of hydrogen-bond acceptors (Lipinski definition) is 4. The Morgan fingerprint density at radius 1 is 1.40 bits per heavy atom. The standard InChI is InChI=1S/C10H16IN3O/c1-8(2)14(4-3-5-15)10-12-6-9(11)7-13-10/h6-8,15H,3-5H2,1-2H3. The topological polar surface area (TPSA) is 49.2 Å². The van der Waals surface area contributed by atoms with E-state index in [0.29, 0.717) is 6.04 Å². The largest absolute Gasteiger partial charge is 0.396 e. The molecule has 0 aliphatic heterocycles. The highest BCUT2D eigenvalue weighted by molar-refractivity contribution is 14.1. The van der Waals surface area contributed by atoms with E-state index in [1.54, 1.807) is 12.4 Å². The summed E-state index contributed by atoms with van der Waals surface area (Å²) in [5.41, 5.74) is 0. The van der Waals surface area contributed by atoms with Gasteiger partial charge in [0, 0.05) is 35.2 Å². The molecule has 4 nitrogen and oxygen atoms in total. The van der Waals surface area contributed by atoms with Crippen LogP contribution in [0.5, 0.6) is 0 Å². The molecule has 1 heterocycles. The lowest BCUT2D eigenvalue weighted by molar-refractivity contribution is 0.288. The number of halogens is 1. The molecule has 0 saturated heterocycles. The number of hydrogen-bond donors (Lipinski definition) is 1. The highest BCUT2D eigenvalue weighted by Gasteiger charge is 2.12. The van der Waals surface area contributed by atoms with Crippen LogP contribution in [0.25, 0.3) is 0 Å². The summed E-state index contributed by atoms with van der Waals surface area (Å²) in [7, 11) is 0. The van der Waals surface area contributed by atoms with Crippen LogP contribution in [0.3, 0.4) is 0 Å². The lowest BCUT2D eigenvalue weighted by atomic mass is 10.3. The van der Waals surface area contributed by atoms with Crippen molar-refractivity contribution in [1.29, 1.82) is 0 Å².